The van der Waals surface area contributed by atoms with Crippen LogP contribution in [-0.4, -0.2) is 14.5 Å². The van der Waals surface area contributed by atoms with E-state index in [1.807, 2.05) is 0 Å². The zero-order valence-electron chi connectivity index (χ0n) is 12.7. The van der Waals surface area contributed by atoms with E-state index in [1.54, 1.807) is 0 Å². The number of rotatable bonds is 2. The Morgan fingerprint density at radius 3 is 2.65 bits per heavy atom. The molecule has 2 aromatic rings. The first-order valence-electron chi connectivity index (χ1n) is 7.72. The van der Waals surface area contributed by atoms with Gasteiger partial charge in [-0.3, -0.25) is 0 Å². The number of nitrogens with zero attached hydrogens (tertiary/aromatic N) is 3. The van der Waals surface area contributed by atoms with E-state index in [1.165, 1.54) is 36.0 Å². The molecule has 0 atom stereocenters. The minimum absolute atomic E-state index is 0.599. The maximum absolute atomic E-state index is 6.16. The molecule has 0 radical (unpaired) electrons. The van der Waals surface area contributed by atoms with Crippen LogP contribution in [0, 0.1) is 12.8 Å². The second-order valence-electron chi connectivity index (χ2n) is 6.34. The Morgan fingerprint density at radius 1 is 1.15 bits per heavy atom. The second-order valence-corrected chi connectivity index (χ2v) is 6.34. The summed E-state index contributed by atoms with van der Waals surface area (Å²) in [5.41, 5.74) is 10.9. The summed E-state index contributed by atoms with van der Waals surface area (Å²) in [5.74, 6) is 2.26. The number of aryl methyl sites for hydroxylation is 3. The van der Waals surface area contributed by atoms with Gasteiger partial charge in [-0.05, 0) is 44.1 Å². The number of imidazole rings is 1. The predicted octanol–water partition coefficient (Wildman–Crippen LogP) is 3.25. The summed E-state index contributed by atoms with van der Waals surface area (Å²) in [5, 5.41) is 0. The number of fused-ring (bicyclic) bond motifs is 3. The van der Waals surface area contributed by atoms with Crippen molar-refractivity contribution in [1.82, 2.24) is 14.5 Å². The van der Waals surface area contributed by atoms with Crippen molar-refractivity contribution in [3.63, 3.8) is 0 Å². The van der Waals surface area contributed by atoms with Crippen LogP contribution in [0.2, 0.25) is 0 Å². The highest BCUT2D eigenvalue weighted by molar-refractivity contribution is 5.89. The van der Waals surface area contributed by atoms with Gasteiger partial charge in [0, 0.05) is 12.2 Å². The molecule has 3 rings (SSSR count). The number of aromatic nitrogens is 3. The Balaban J connectivity index is 2.28. The van der Waals surface area contributed by atoms with Gasteiger partial charge in [0.15, 0.2) is 5.82 Å². The Hall–Kier alpha value is -1.58. The number of hydrogen-bond acceptors (Lipinski definition) is 3. The molecule has 0 spiro atoms. The average molecular weight is 272 g/mol. The van der Waals surface area contributed by atoms with Gasteiger partial charge in [0.1, 0.15) is 11.3 Å². The van der Waals surface area contributed by atoms with Gasteiger partial charge in [0.2, 0.25) is 0 Å². The quantitative estimate of drug-likeness (QED) is 0.854. The Kier molecular flexibility index (Phi) is 3.40. The van der Waals surface area contributed by atoms with E-state index < -0.39 is 0 Å². The van der Waals surface area contributed by atoms with Gasteiger partial charge in [-0.25, -0.2) is 9.97 Å². The summed E-state index contributed by atoms with van der Waals surface area (Å²) in [7, 11) is 0. The summed E-state index contributed by atoms with van der Waals surface area (Å²) in [4.78, 5) is 9.32. The Morgan fingerprint density at radius 2 is 1.90 bits per heavy atom. The van der Waals surface area contributed by atoms with Gasteiger partial charge >= 0.3 is 0 Å². The number of nitrogen functional groups attached to an aromatic ring is 1. The molecular weight excluding hydrogens is 248 g/mol. The summed E-state index contributed by atoms with van der Waals surface area (Å²) in [6.07, 6.45) is 5.93. The Bertz CT molecular complexity index is 640. The van der Waals surface area contributed by atoms with E-state index in [0.717, 1.165) is 30.7 Å². The van der Waals surface area contributed by atoms with Crippen LogP contribution in [0.25, 0.3) is 11.0 Å². The molecule has 0 unspecified atom stereocenters. The second kappa shape index (κ2) is 5.08. The Labute approximate surface area is 120 Å². The predicted molar refractivity (Wildman–Crippen MR) is 82.8 cm³/mol. The topological polar surface area (TPSA) is 56.7 Å². The summed E-state index contributed by atoms with van der Waals surface area (Å²) in [6, 6.07) is 0. The smallest absolute Gasteiger partial charge is 0.151 e. The molecular formula is C16H24N4. The summed E-state index contributed by atoms with van der Waals surface area (Å²) in [6.45, 7) is 7.56. The van der Waals surface area contributed by atoms with Crippen LogP contribution in [-0.2, 0) is 19.4 Å². The molecule has 1 aliphatic rings. The third-order valence-electron chi connectivity index (χ3n) is 4.18. The van der Waals surface area contributed by atoms with E-state index in [2.05, 4.69) is 35.3 Å². The SMILES string of the molecule is Cc1nc2c(N)nc3c(c2n1CC(C)C)CCCCC3. The van der Waals surface area contributed by atoms with E-state index in [9.17, 15) is 0 Å². The summed E-state index contributed by atoms with van der Waals surface area (Å²) >= 11 is 0. The van der Waals surface area contributed by atoms with E-state index in [0.29, 0.717) is 11.7 Å². The fraction of sp³-hybridized carbons (Fsp3) is 0.625. The van der Waals surface area contributed by atoms with Gasteiger partial charge < -0.3 is 10.3 Å². The molecule has 0 bridgehead atoms. The van der Waals surface area contributed by atoms with Crippen LogP contribution in [0.15, 0.2) is 0 Å². The molecule has 20 heavy (non-hydrogen) atoms. The van der Waals surface area contributed by atoms with Gasteiger partial charge in [0.25, 0.3) is 0 Å². The molecule has 2 N–H and O–H groups in total. The van der Waals surface area contributed by atoms with E-state index >= 15 is 0 Å². The number of nitrogens with two attached hydrogens (primary N) is 1. The summed E-state index contributed by atoms with van der Waals surface area (Å²) < 4.78 is 2.35. The van der Waals surface area contributed by atoms with Crippen molar-refractivity contribution in [2.75, 3.05) is 5.73 Å². The van der Waals surface area contributed by atoms with Crippen molar-refractivity contribution in [1.29, 1.82) is 0 Å². The third-order valence-corrected chi connectivity index (χ3v) is 4.18. The van der Waals surface area contributed by atoms with Crippen molar-refractivity contribution in [3.8, 4) is 0 Å². The van der Waals surface area contributed by atoms with Crippen molar-refractivity contribution in [3.05, 3.63) is 17.1 Å². The first-order valence-corrected chi connectivity index (χ1v) is 7.72. The standard InChI is InChI=1S/C16H24N4/c1-10(2)9-20-11(3)18-14-15(20)12-7-5-4-6-8-13(12)19-16(14)17/h10H,4-9H2,1-3H3,(H2,17,19). The molecule has 1 aliphatic carbocycles. The highest BCUT2D eigenvalue weighted by atomic mass is 15.1. The number of anilines is 1. The molecule has 4 nitrogen and oxygen atoms in total. The monoisotopic (exact) mass is 272 g/mol. The van der Waals surface area contributed by atoms with Crippen LogP contribution in [0.1, 0.15) is 50.2 Å². The lowest BCUT2D eigenvalue weighted by molar-refractivity contribution is 0.523. The molecule has 0 saturated carbocycles. The van der Waals surface area contributed by atoms with Gasteiger partial charge in [-0.1, -0.05) is 20.3 Å². The van der Waals surface area contributed by atoms with Crippen molar-refractivity contribution < 1.29 is 0 Å². The first kappa shape index (κ1) is 13.4. The fourth-order valence-electron chi connectivity index (χ4n) is 3.28. The number of hydrogen-bond donors (Lipinski definition) is 1. The molecule has 2 aromatic heterocycles. The normalized spacial score (nSPS) is 15.6. The van der Waals surface area contributed by atoms with Crippen LogP contribution in [0.5, 0.6) is 0 Å². The average Bonchev–Trinajstić information content (AvgIpc) is 2.59. The van der Waals surface area contributed by atoms with Gasteiger partial charge in [0.05, 0.1) is 5.52 Å². The maximum atomic E-state index is 6.16. The molecule has 2 heterocycles. The van der Waals surface area contributed by atoms with Crippen molar-refractivity contribution in [2.45, 2.75) is 59.4 Å². The zero-order chi connectivity index (χ0) is 14.3. The molecule has 0 fully saturated rings. The van der Waals surface area contributed by atoms with E-state index in [4.69, 9.17) is 5.73 Å². The van der Waals surface area contributed by atoms with Gasteiger partial charge in [-0.15, -0.1) is 0 Å². The van der Waals surface area contributed by atoms with Crippen LogP contribution >= 0.6 is 0 Å². The van der Waals surface area contributed by atoms with Crippen molar-refractivity contribution >= 4 is 16.9 Å². The molecule has 0 saturated heterocycles. The fourth-order valence-corrected chi connectivity index (χ4v) is 3.28. The highest BCUT2D eigenvalue weighted by Gasteiger charge is 2.20. The minimum atomic E-state index is 0.599. The van der Waals surface area contributed by atoms with Crippen LogP contribution < -0.4 is 5.73 Å². The largest absolute Gasteiger partial charge is 0.382 e. The lowest BCUT2D eigenvalue weighted by Crippen LogP contribution is -2.09. The minimum Gasteiger partial charge on any atom is -0.382 e. The molecule has 0 aromatic carbocycles. The van der Waals surface area contributed by atoms with Crippen LogP contribution in [0.3, 0.4) is 0 Å². The zero-order valence-corrected chi connectivity index (χ0v) is 12.7. The number of pyridine rings is 1. The van der Waals surface area contributed by atoms with Crippen LogP contribution in [0.4, 0.5) is 5.82 Å². The lowest BCUT2D eigenvalue weighted by atomic mass is 10.1. The lowest BCUT2D eigenvalue weighted by Gasteiger charge is -2.14. The van der Waals surface area contributed by atoms with Gasteiger partial charge in [-0.2, -0.15) is 0 Å². The highest BCUT2D eigenvalue weighted by Crippen LogP contribution is 2.31. The molecule has 0 amide bonds. The molecule has 108 valence electrons. The van der Waals surface area contributed by atoms with E-state index in [-0.39, 0.29) is 0 Å². The molecule has 4 heteroatoms. The maximum Gasteiger partial charge on any atom is 0.151 e. The van der Waals surface area contributed by atoms with Crippen molar-refractivity contribution in [2.24, 2.45) is 5.92 Å². The first-order chi connectivity index (χ1) is 9.58. The third kappa shape index (κ3) is 2.17. The molecule has 0 aliphatic heterocycles.